The van der Waals surface area contributed by atoms with E-state index in [0.29, 0.717) is 5.69 Å². The fraction of sp³-hybridized carbons (Fsp3) is 0. The van der Waals surface area contributed by atoms with E-state index in [9.17, 15) is 15.6 Å². The molecule has 3 aromatic rings. The number of nitrogens with zero attached hydrogens (tertiary/aromatic N) is 1. The molecule has 0 aliphatic carbocycles. The molecule has 0 aliphatic heterocycles. The highest BCUT2D eigenvalue weighted by molar-refractivity contribution is 5.80. The molecule has 0 aliphatic rings. The zero-order chi connectivity index (χ0) is 15.7. The van der Waals surface area contributed by atoms with Crippen LogP contribution in [0.2, 0.25) is 0 Å². The second-order valence-corrected chi connectivity index (χ2v) is 4.82. The summed E-state index contributed by atoms with van der Waals surface area (Å²) in [6.07, 6.45) is 3.57. The molecule has 22 heavy (non-hydrogen) atoms. The zero-order valence-electron chi connectivity index (χ0n) is 11.4. The molecule has 7 heteroatoms. The average molecular weight is 300 g/mol. The molecule has 0 spiro atoms. The Balaban J connectivity index is 2.16. The highest BCUT2D eigenvalue weighted by atomic mass is 16.8. The van der Waals surface area contributed by atoms with E-state index in [1.165, 1.54) is 18.2 Å². The lowest BCUT2D eigenvalue weighted by molar-refractivity contribution is -0.997. The van der Waals surface area contributed by atoms with Gasteiger partial charge in [-0.3, -0.25) is 0 Å². The molecule has 0 bridgehead atoms. The first kappa shape index (κ1) is 14.5. The Hall–Kier alpha value is -2.39. The predicted octanol–water partition coefficient (Wildman–Crippen LogP) is -0.0767. The first-order chi connectivity index (χ1) is 10.6. The minimum atomic E-state index is -1.17. The lowest BCUT2D eigenvalue weighted by Crippen LogP contribution is -3.01. The molecule has 0 saturated heterocycles. The number of hydrogen-bond acceptors (Lipinski definition) is 4. The number of hydrogen-bond donors (Lipinski definition) is 4. The van der Waals surface area contributed by atoms with Crippen molar-refractivity contribution in [2.45, 2.75) is 0 Å². The molecule has 0 fully saturated rings. The second kappa shape index (κ2) is 5.78. The lowest BCUT2D eigenvalue weighted by atomic mass is 10.1. The second-order valence-electron chi connectivity index (χ2n) is 4.82. The minimum absolute atomic E-state index is 0.0532. The molecule has 2 atom stereocenters. The van der Waals surface area contributed by atoms with Gasteiger partial charge in [0.2, 0.25) is 5.69 Å². The average Bonchev–Trinajstić information content (AvgIpc) is 2.53. The molecular formula is C15H14N3O4+. The predicted molar refractivity (Wildman–Crippen MR) is 77.0 cm³/mol. The van der Waals surface area contributed by atoms with Gasteiger partial charge in [-0.25, -0.2) is 10.4 Å². The summed E-state index contributed by atoms with van der Waals surface area (Å²) in [5.41, 5.74) is 0.311. The van der Waals surface area contributed by atoms with Gasteiger partial charge in [0, 0.05) is 23.6 Å². The van der Waals surface area contributed by atoms with Crippen LogP contribution in [0.25, 0.3) is 16.5 Å². The number of rotatable bonds is 3. The first-order valence-electron chi connectivity index (χ1n) is 6.57. The van der Waals surface area contributed by atoms with Gasteiger partial charge < -0.3 is 10.4 Å². The van der Waals surface area contributed by atoms with Gasteiger partial charge in [0.15, 0.2) is 18.1 Å². The van der Waals surface area contributed by atoms with Crippen LogP contribution in [0.5, 0.6) is 0 Å². The Morgan fingerprint density at radius 2 is 1.59 bits per heavy atom. The molecule has 2 aromatic carbocycles. The topological polar surface area (TPSA) is 99.3 Å². The van der Waals surface area contributed by atoms with E-state index in [1.807, 2.05) is 36.5 Å². The Morgan fingerprint density at radius 3 is 2.27 bits per heavy atom. The third-order valence-corrected chi connectivity index (χ3v) is 3.44. The summed E-state index contributed by atoms with van der Waals surface area (Å²) in [6, 6.07) is 13.7. The molecule has 0 radical (unpaired) electrons. The number of nitrogens with one attached hydrogen (secondary N) is 2. The van der Waals surface area contributed by atoms with Crippen molar-refractivity contribution < 1.29 is 25.4 Å². The summed E-state index contributed by atoms with van der Waals surface area (Å²) in [6.45, 7) is 0. The van der Waals surface area contributed by atoms with Crippen molar-refractivity contribution in [3.05, 3.63) is 71.3 Å². The van der Waals surface area contributed by atoms with E-state index >= 15 is 0 Å². The lowest BCUT2D eigenvalue weighted by Gasteiger charge is -2.16. The van der Waals surface area contributed by atoms with Crippen LogP contribution in [-0.2, 0) is 0 Å². The fourth-order valence-corrected chi connectivity index (χ4v) is 2.35. The van der Waals surface area contributed by atoms with E-state index in [1.54, 1.807) is 10.8 Å². The molecule has 2 unspecified atom stereocenters. The number of pyridine rings is 1. The Morgan fingerprint density at radius 1 is 0.864 bits per heavy atom. The Kier molecular flexibility index (Phi) is 3.82. The Bertz CT molecular complexity index is 821. The van der Waals surface area contributed by atoms with E-state index in [0.717, 1.165) is 10.8 Å². The van der Waals surface area contributed by atoms with Gasteiger partial charge >= 0.3 is 0 Å². The van der Waals surface area contributed by atoms with Crippen LogP contribution in [0.1, 0.15) is 0 Å². The van der Waals surface area contributed by atoms with E-state index in [-0.39, 0.29) is 11.4 Å². The van der Waals surface area contributed by atoms with Crippen LogP contribution in [0.15, 0.2) is 60.9 Å². The van der Waals surface area contributed by atoms with Crippen LogP contribution < -0.4 is 15.0 Å². The number of fused-ring (bicyclic) bond motifs is 1. The Labute approximate surface area is 125 Å². The standard InChI is InChI=1S/C15H14N3O4/c19-17(20)13-5-6-14(15(9-13)18(21)22)16-8-7-11-3-1-2-4-12(11)10-16/h1-10,17-19,21H/q+1. The summed E-state index contributed by atoms with van der Waals surface area (Å²) in [5, 5.41) is 40.4. The van der Waals surface area contributed by atoms with Crippen molar-refractivity contribution in [2.24, 2.45) is 0 Å². The van der Waals surface area contributed by atoms with Gasteiger partial charge in [-0.05, 0) is 11.5 Å². The highest BCUT2D eigenvalue weighted by Gasteiger charge is 2.21. The van der Waals surface area contributed by atoms with Gasteiger partial charge in [0.05, 0.1) is 6.07 Å². The highest BCUT2D eigenvalue weighted by Crippen LogP contribution is 2.17. The summed E-state index contributed by atoms with van der Waals surface area (Å²) in [4.78, 5) is 0. The van der Waals surface area contributed by atoms with Crippen LogP contribution >= 0.6 is 0 Å². The maximum atomic E-state index is 11.4. The first-order valence-corrected chi connectivity index (χ1v) is 6.57. The fourth-order valence-electron chi connectivity index (χ4n) is 2.35. The van der Waals surface area contributed by atoms with Crippen molar-refractivity contribution >= 4 is 22.1 Å². The quantitative estimate of drug-likeness (QED) is 0.402. The smallest absolute Gasteiger partial charge is 0.275 e. The van der Waals surface area contributed by atoms with Crippen molar-refractivity contribution in [2.75, 3.05) is 0 Å². The molecule has 0 saturated carbocycles. The van der Waals surface area contributed by atoms with E-state index < -0.39 is 10.5 Å². The van der Waals surface area contributed by atoms with E-state index in [2.05, 4.69) is 0 Å². The minimum Gasteiger partial charge on any atom is -0.595 e. The maximum Gasteiger partial charge on any atom is 0.275 e. The number of quaternary nitrogens is 2. The van der Waals surface area contributed by atoms with Gasteiger partial charge in [-0.1, -0.05) is 18.2 Å². The molecule has 0 amide bonds. The summed E-state index contributed by atoms with van der Waals surface area (Å²) >= 11 is 0. The largest absolute Gasteiger partial charge is 0.595 e. The monoisotopic (exact) mass is 300 g/mol. The molecule has 1 aromatic heterocycles. The molecular weight excluding hydrogens is 286 g/mol. The van der Waals surface area contributed by atoms with E-state index in [4.69, 9.17) is 5.21 Å². The molecule has 3 rings (SSSR count). The molecule has 1 heterocycles. The molecule has 7 nitrogen and oxygen atoms in total. The van der Waals surface area contributed by atoms with Gasteiger partial charge in [-0.15, -0.1) is 0 Å². The van der Waals surface area contributed by atoms with Crippen molar-refractivity contribution in [1.29, 1.82) is 0 Å². The zero-order valence-corrected chi connectivity index (χ0v) is 11.4. The normalized spacial score (nSPS) is 14.0. The van der Waals surface area contributed by atoms with Crippen LogP contribution in [0, 0.1) is 10.4 Å². The number of benzene rings is 2. The van der Waals surface area contributed by atoms with Crippen molar-refractivity contribution in [1.82, 2.24) is 0 Å². The SMILES string of the molecule is [O-][NH+](O)c1ccc(-[n+]2ccc3ccccc3c2)c([NH+]([O-])O)c1. The third kappa shape index (κ3) is 2.68. The van der Waals surface area contributed by atoms with Gasteiger partial charge in [0.1, 0.15) is 0 Å². The third-order valence-electron chi connectivity index (χ3n) is 3.44. The summed E-state index contributed by atoms with van der Waals surface area (Å²) < 4.78 is 1.68. The number of aromatic nitrogens is 1. The summed E-state index contributed by atoms with van der Waals surface area (Å²) in [7, 11) is 0. The van der Waals surface area contributed by atoms with Gasteiger partial charge in [0.25, 0.3) is 5.69 Å². The molecule has 4 N–H and O–H groups in total. The van der Waals surface area contributed by atoms with Crippen molar-refractivity contribution in [3.8, 4) is 5.69 Å². The summed E-state index contributed by atoms with van der Waals surface area (Å²) in [5.74, 6) is 0. The van der Waals surface area contributed by atoms with Crippen LogP contribution in [0.4, 0.5) is 11.4 Å². The maximum absolute atomic E-state index is 11.4. The van der Waals surface area contributed by atoms with Crippen LogP contribution in [0.3, 0.4) is 0 Å². The van der Waals surface area contributed by atoms with Crippen LogP contribution in [-0.4, -0.2) is 10.4 Å². The molecule has 112 valence electrons. The van der Waals surface area contributed by atoms with Crippen molar-refractivity contribution in [3.63, 3.8) is 0 Å². The van der Waals surface area contributed by atoms with Gasteiger partial charge in [-0.2, -0.15) is 15.0 Å².